The highest BCUT2D eigenvalue weighted by Crippen LogP contribution is 2.34. The van der Waals surface area contributed by atoms with Gasteiger partial charge in [-0.25, -0.2) is 9.97 Å². The second-order valence-electron chi connectivity index (χ2n) is 4.50. The van der Waals surface area contributed by atoms with Crippen molar-refractivity contribution in [3.05, 3.63) is 60.2 Å². The quantitative estimate of drug-likeness (QED) is 0.790. The summed E-state index contributed by atoms with van der Waals surface area (Å²) in [6.07, 6.45) is 5.36. The Morgan fingerprint density at radius 3 is 2.70 bits per heavy atom. The van der Waals surface area contributed by atoms with E-state index in [1.54, 1.807) is 18.5 Å². The molecular formula is C15H13ClN4. The van der Waals surface area contributed by atoms with E-state index in [2.05, 4.69) is 21.9 Å². The van der Waals surface area contributed by atoms with E-state index >= 15 is 0 Å². The molecule has 0 bridgehead atoms. The van der Waals surface area contributed by atoms with Crippen LogP contribution in [0.25, 0.3) is 16.9 Å². The molecule has 0 spiro atoms. The highest BCUT2D eigenvalue weighted by molar-refractivity contribution is 6.36. The fourth-order valence-electron chi connectivity index (χ4n) is 2.15. The summed E-state index contributed by atoms with van der Waals surface area (Å²) in [5, 5.41) is 4.84. The van der Waals surface area contributed by atoms with Crippen LogP contribution in [0.2, 0.25) is 5.02 Å². The second-order valence-corrected chi connectivity index (χ2v) is 4.91. The normalized spacial score (nSPS) is 10.7. The Bertz CT molecular complexity index is 777. The van der Waals surface area contributed by atoms with Gasteiger partial charge in [0.05, 0.1) is 16.2 Å². The largest absolute Gasteiger partial charge is 0.358 e. The third kappa shape index (κ3) is 2.14. The first kappa shape index (κ1) is 12.7. The summed E-state index contributed by atoms with van der Waals surface area (Å²) in [5.41, 5.74) is 2.69. The van der Waals surface area contributed by atoms with Crippen LogP contribution in [-0.2, 0) is 0 Å². The minimum Gasteiger partial charge on any atom is -0.358 e. The molecule has 0 radical (unpaired) electrons. The van der Waals surface area contributed by atoms with E-state index < -0.39 is 0 Å². The fraction of sp³-hybridized carbons (Fsp3) is 0.0667. The second kappa shape index (κ2) is 4.98. The molecule has 1 aromatic carbocycles. The smallest absolute Gasteiger partial charge is 0.234 e. The number of nitrogens with one attached hydrogen (secondary N) is 1. The summed E-state index contributed by atoms with van der Waals surface area (Å²) in [6.45, 7) is 5.78. The van der Waals surface area contributed by atoms with Crippen LogP contribution in [0.4, 0.5) is 5.69 Å². The molecule has 100 valence electrons. The van der Waals surface area contributed by atoms with Crippen molar-refractivity contribution in [3.63, 3.8) is 0 Å². The molecule has 5 heteroatoms. The third-order valence-corrected chi connectivity index (χ3v) is 3.21. The van der Waals surface area contributed by atoms with E-state index in [9.17, 15) is 0 Å². The lowest BCUT2D eigenvalue weighted by Crippen LogP contribution is -1.98. The first-order valence-electron chi connectivity index (χ1n) is 6.16. The van der Waals surface area contributed by atoms with E-state index in [1.807, 2.05) is 35.9 Å². The van der Waals surface area contributed by atoms with Crippen molar-refractivity contribution in [1.29, 1.82) is 0 Å². The first-order chi connectivity index (χ1) is 9.66. The average Bonchev–Trinajstić information content (AvgIpc) is 2.79. The van der Waals surface area contributed by atoms with Gasteiger partial charge in [-0.05, 0) is 25.1 Å². The Morgan fingerprint density at radius 2 is 2.00 bits per heavy atom. The Hall–Kier alpha value is -2.33. The maximum atomic E-state index is 6.32. The number of fused-ring (bicyclic) bond motifs is 1. The zero-order chi connectivity index (χ0) is 14.1. The molecule has 0 aliphatic rings. The molecule has 3 rings (SSSR count). The number of aromatic nitrogens is 3. The lowest BCUT2D eigenvalue weighted by atomic mass is 10.2. The van der Waals surface area contributed by atoms with Crippen LogP contribution in [0.1, 0.15) is 6.92 Å². The highest BCUT2D eigenvalue weighted by atomic mass is 35.5. The van der Waals surface area contributed by atoms with E-state index in [-0.39, 0.29) is 0 Å². The molecule has 2 heterocycles. The van der Waals surface area contributed by atoms with Crippen molar-refractivity contribution >= 4 is 28.2 Å². The predicted molar refractivity (Wildman–Crippen MR) is 82.3 cm³/mol. The monoisotopic (exact) mass is 284 g/mol. The molecule has 3 aromatic rings. The highest BCUT2D eigenvalue weighted by Gasteiger charge is 2.13. The maximum Gasteiger partial charge on any atom is 0.234 e. The van der Waals surface area contributed by atoms with E-state index in [1.165, 1.54) is 0 Å². The lowest BCUT2D eigenvalue weighted by molar-refractivity contribution is 0.962. The molecule has 1 N–H and O–H groups in total. The Kier molecular flexibility index (Phi) is 3.16. The van der Waals surface area contributed by atoms with Crippen LogP contribution in [0.15, 0.2) is 55.1 Å². The van der Waals surface area contributed by atoms with Crippen molar-refractivity contribution in [2.75, 3.05) is 5.32 Å². The number of nitrogens with zero attached hydrogens (tertiary/aromatic N) is 3. The number of rotatable bonds is 3. The standard InChI is InChI=1S/C15H13ClN4/c1-10(2)19-12-9-20(15-17-7-4-8-18-15)13-6-3-5-11(16)14(12)13/h3-9,19H,1H2,2H3. The zero-order valence-corrected chi connectivity index (χ0v) is 11.7. The number of anilines is 1. The average molecular weight is 285 g/mol. The predicted octanol–water partition coefficient (Wildman–Crippen LogP) is 4.02. The van der Waals surface area contributed by atoms with Gasteiger partial charge in [-0.2, -0.15) is 0 Å². The van der Waals surface area contributed by atoms with Gasteiger partial charge in [0.1, 0.15) is 0 Å². The van der Waals surface area contributed by atoms with Gasteiger partial charge in [-0.3, -0.25) is 4.57 Å². The molecule has 2 aromatic heterocycles. The maximum absolute atomic E-state index is 6.32. The molecule has 0 saturated carbocycles. The van der Waals surface area contributed by atoms with Gasteiger partial charge in [-0.15, -0.1) is 0 Å². The van der Waals surface area contributed by atoms with Gasteiger partial charge >= 0.3 is 0 Å². The number of halogens is 1. The summed E-state index contributed by atoms with van der Waals surface area (Å²) >= 11 is 6.32. The van der Waals surface area contributed by atoms with Crippen LogP contribution >= 0.6 is 11.6 Å². The van der Waals surface area contributed by atoms with Gasteiger partial charge in [0.2, 0.25) is 5.95 Å². The van der Waals surface area contributed by atoms with Crippen molar-refractivity contribution in [1.82, 2.24) is 14.5 Å². The molecule has 0 aliphatic heterocycles. The molecule has 0 fully saturated rings. The summed E-state index contributed by atoms with van der Waals surface area (Å²) in [4.78, 5) is 8.56. The van der Waals surface area contributed by atoms with Crippen molar-refractivity contribution in [3.8, 4) is 5.95 Å². The Balaban J connectivity index is 2.29. The summed E-state index contributed by atoms with van der Waals surface area (Å²) < 4.78 is 1.91. The number of allylic oxidation sites excluding steroid dienone is 1. The topological polar surface area (TPSA) is 42.7 Å². The summed E-state index contributed by atoms with van der Waals surface area (Å²) in [5.74, 6) is 0.606. The summed E-state index contributed by atoms with van der Waals surface area (Å²) in [6, 6.07) is 7.55. The lowest BCUT2D eigenvalue weighted by Gasteiger charge is -2.03. The van der Waals surface area contributed by atoms with E-state index in [0.29, 0.717) is 11.0 Å². The number of hydrogen-bond acceptors (Lipinski definition) is 3. The molecular weight excluding hydrogens is 272 g/mol. The Morgan fingerprint density at radius 1 is 1.25 bits per heavy atom. The van der Waals surface area contributed by atoms with Gasteiger partial charge < -0.3 is 5.32 Å². The molecule has 20 heavy (non-hydrogen) atoms. The molecule has 0 amide bonds. The van der Waals surface area contributed by atoms with Crippen LogP contribution in [0.3, 0.4) is 0 Å². The SMILES string of the molecule is C=C(C)Nc1cn(-c2ncccn2)c2cccc(Cl)c12. The van der Waals surface area contributed by atoms with Gasteiger partial charge in [-0.1, -0.05) is 24.2 Å². The van der Waals surface area contributed by atoms with Crippen molar-refractivity contribution in [2.45, 2.75) is 6.92 Å². The molecule has 4 nitrogen and oxygen atoms in total. The van der Waals surface area contributed by atoms with Crippen LogP contribution in [0.5, 0.6) is 0 Å². The molecule has 0 saturated heterocycles. The minimum absolute atomic E-state index is 0.606. The number of hydrogen-bond donors (Lipinski definition) is 1. The van der Waals surface area contributed by atoms with Gasteiger partial charge in [0.15, 0.2) is 0 Å². The number of benzene rings is 1. The molecule has 0 unspecified atom stereocenters. The van der Waals surface area contributed by atoms with E-state index in [0.717, 1.165) is 22.3 Å². The van der Waals surface area contributed by atoms with Gasteiger partial charge in [0, 0.05) is 29.7 Å². The van der Waals surface area contributed by atoms with Crippen LogP contribution < -0.4 is 5.32 Å². The zero-order valence-electron chi connectivity index (χ0n) is 11.0. The molecule has 0 atom stereocenters. The molecule has 0 aliphatic carbocycles. The van der Waals surface area contributed by atoms with E-state index in [4.69, 9.17) is 11.6 Å². The summed E-state index contributed by atoms with van der Waals surface area (Å²) in [7, 11) is 0. The Labute approximate surface area is 121 Å². The fourth-order valence-corrected chi connectivity index (χ4v) is 2.42. The third-order valence-electron chi connectivity index (χ3n) is 2.89. The minimum atomic E-state index is 0.606. The van der Waals surface area contributed by atoms with Gasteiger partial charge in [0.25, 0.3) is 0 Å². The van der Waals surface area contributed by atoms with Crippen LogP contribution in [0, 0.1) is 0 Å². The van der Waals surface area contributed by atoms with Crippen LogP contribution in [-0.4, -0.2) is 14.5 Å². The van der Waals surface area contributed by atoms with Crippen molar-refractivity contribution in [2.24, 2.45) is 0 Å². The van der Waals surface area contributed by atoms with Crippen molar-refractivity contribution < 1.29 is 0 Å². The first-order valence-corrected chi connectivity index (χ1v) is 6.54.